The highest BCUT2D eigenvalue weighted by atomic mass is 35.5. The Morgan fingerprint density at radius 1 is 1.47 bits per heavy atom. The molecule has 0 saturated heterocycles. The highest BCUT2D eigenvalue weighted by Crippen LogP contribution is 2.33. The smallest absolute Gasteiger partial charge is 0.127 e. The Labute approximate surface area is 94.4 Å². The first-order chi connectivity index (χ1) is 7.18. The number of hydrogen-bond acceptors (Lipinski definition) is 1. The fraction of sp³-hybridized carbons (Fsp3) is 0.500. The van der Waals surface area contributed by atoms with Crippen LogP contribution in [0.25, 0.3) is 0 Å². The summed E-state index contributed by atoms with van der Waals surface area (Å²) in [6.45, 7) is 0. The molecular weight excluding hydrogens is 213 g/mol. The third-order valence-corrected chi connectivity index (χ3v) is 3.37. The monoisotopic (exact) mass is 227 g/mol. The molecule has 3 heteroatoms. The molecule has 2 N–H and O–H groups in total. The van der Waals surface area contributed by atoms with E-state index in [-0.39, 0.29) is 11.9 Å². The molecule has 1 unspecified atom stereocenters. The lowest BCUT2D eigenvalue weighted by Gasteiger charge is -2.11. The van der Waals surface area contributed by atoms with Gasteiger partial charge in [0.2, 0.25) is 0 Å². The van der Waals surface area contributed by atoms with Crippen LogP contribution in [0.1, 0.15) is 24.8 Å². The van der Waals surface area contributed by atoms with Crippen LogP contribution in [0, 0.1) is 11.7 Å². The number of benzene rings is 1. The van der Waals surface area contributed by atoms with Crippen molar-refractivity contribution >= 4 is 11.6 Å². The normalized spacial score (nSPS) is 17.8. The first-order valence-electron chi connectivity index (χ1n) is 5.37. The molecule has 0 aliphatic heterocycles. The highest BCUT2D eigenvalue weighted by Gasteiger charge is 2.28. The summed E-state index contributed by atoms with van der Waals surface area (Å²) in [4.78, 5) is 0. The van der Waals surface area contributed by atoms with Crippen LogP contribution < -0.4 is 5.73 Å². The summed E-state index contributed by atoms with van der Waals surface area (Å²) < 4.78 is 13.4. The molecule has 1 aromatic carbocycles. The molecule has 1 aliphatic rings. The van der Waals surface area contributed by atoms with Crippen LogP contribution in [0.5, 0.6) is 0 Å². The van der Waals surface area contributed by atoms with Crippen LogP contribution in [-0.2, 0) is 6.42 Å². The van der Waals surface area contributed by atoms with E-state index in [1.807, 2.05) is 0 Å². The van der Waals surface area contributed by atoms with Gasteiger partial charge in [0, 0.05) is 16.6 Å². The lowest BCUT2D eigenvalue weighted by molar-refractivity contribution is 0.536. The molecule has 1 aliphatic carbocycles. The van der Waals surface area contributed by atoms with Crippen molar-refractivity contribution in [3.63, 3.8) is 0 Å². The first-order valence-corrected chi connectivity index (χ1v) is 5.74. The molecule has 1 atom stereocenters. The Kier molecular flexibility index (Phi) is 3.27. The van der Waals surface area contributed by atoms with E-state index < -0.39 is 0 Å². The van der Waals surface area contributed by atoms with Gasteiger partial charge in [0.1, 0.15) is 5.82 Å². The molecule has 0 aromatic heterocycles. The van der Waals surface area contributed by atoms with Crippen molar-refractivity contribution in [2.75, 3.05) is 0 Å². The van der Waals surface area contributed by atoms with E-state index in [9.17, 15) is 4.39 Å². The van der Waals surface area contributed by atoms with Gasteiger partial charge < -0.3 is 5.73 Å². The van der Waals surface area contributed by atoms with Crippen molar-refractivity contribution in [1.29, 1.82) is 0 Å². The Bertz CT molecular complexity index is 329. The summed E-state index contributed by atoms with van der Waals surface area (Å²) in [5.74, 6) is 0.445. The lowest BCUT2D eigenvalue weighted by Crippen LogP contribution is -2.23. The minimum atomic E-state index is -0.217. The second kappa shape index (κ2) is 4.50. The van der Waals surface area contributed by atoms with Gasteiger partial charge in [-0.3, -0.25) is 0 Å². The van der Waals surface area contributed by atoms with Gasteiger partial charge in [0.15, 0.2) is 0 Å². The maximum absolute atomic E-state index is 13.4. The number of rotatable bonds is 4. The molecule has 1 fully saturated rings. The van der Waals surface area contributed by atoms with Crippen LogP contribution in [0.3, 0.4) is 0 Å². The van der Waals surface area contributed by atoms with Crippen molar-refractivity contribution in [3.05, 3.63) is 34.6 Å². The van der Waals surface area contributed by atoms with E-state index in [4.69, 9.17) is 17.3 Å². The predicted molar refractivity (Wildman–Crippen MR) is 60.4 cm³/mol. The van der Waals surface area contributed by atoms with Gasteiger partial charge in [0.25, 0.3) is 0 Å². The van der Waals surface area contributed by atoms with E-state index in [0.717, 1.165) is 6.42 Å². The van der Waals surface area contributed by atoms with Crippen molar-refractivity contribution in [3.8, 4) is 0 Å². The molecule has 0 spiro atoms. The fourth-order valence-electron chi connectivity index (χ4n) is 1.84. The van der Waals surface area contributed by atoms with Gasteiger partial charge >= 0.3 is 0 Å². The molecule has 0 radical (unpaired) electrons. The fourth-order valence-corrected chi connectivity index (χ4v) is 2.10. The highest BCUT2D eigenvalue weighted by molar-refractivity contribution is 6.31. The molecule has 1 aromatic rings. The molecular formula is C12H15ClFN. The maximum atomic E-state index is 13.4. The van der Waals surface area contributed by atoms with E-state index in [1.54, 1.807) is 12.1 Å². The summed E-state index contributed by atoms with van der Waals surface area (Å²) in [5, 5.41) is 0.512. The van der Waals surface area contributed by atoms with Crippen LogP contribution in [0.15, 0.2) is 18.2 Å². The van der Waals surface area contributed by atoms with Crippen LogP contribution >= 0.6 is 11.6 Å². The minimum absolute atomic E-state index is 0.209. The number of halogens is 2. The quantitative estimate of drug-likeness (QED) is 0.840. The van der Waals surface area contributed by atoms with Crippen LogP contribution in [-0.4, -0.2) is 6.04 Å². The van der Waals surface area contributed by atoms with Crippen molar-refractivity contribution in [2.24, 2.45) is 11.7 Å². The molecule has 0 heterocycles. The second-order valence-corrected chi connectivity index (χ2v) is 4.65. The third kappa shape index (κ3) is 2.70. The van der Waals surface area contributed by atoms with E-state index in [2.05, 4.69) is 0 Å². The Balaban J connectivity index is 1.97. The molecule has 1 nitrogen and oxygen atoms in total. The molecule has 0 bridgehead atoms. The summed E-state index contributed by atoms with van der Waals surface area (Å²) in [6, 6.07) is 5.01. The minimum Gasteiger partial charge on any atom is -0.327 e. The zero-order valence-electron chi connectivity index (χ0n) is 8.55. The molecule has 1 saturated carbocycles. The SMILES string of the molecule is NC(CCc1c(F)cccc1Cl)C1CC1. The van der Waals surface area contributed by atoms with Crippen LogP contribution in [0.4, 0.5) is 4.39 Å². The van der Waals surface area contributed by atoms with E-state index in [1.165, 1.54) is 18.9 Å². The predicted octanol–water partition coefficient (Wildman–Crippen LogP) is 3.15. The van der Waals surface area contributed by atoms with Gasteiger partial charge in [-0.15, -0.1) is 0 Å². The standard InChI is InChI=1S/C12H15ClFN/c13-10-2-1-3-11(14)9(10)6-7-12(15)8-4-5-8/h1-3,8,12H,4-7,15H2. The van der Waals surface area contributed by atoms with E-state index >= 15 is 0 Å². The third-order valence-electron chi connectivity index (χ3n) is 3.02. The summed E-state index contributed by atoms with van der Waals surface area (Å²) in [6.07, 6.45) is 3.92. The van der Waals surface area contributed by atoms with Gasteiger partial charge in [0.05, 0.1) is 0 Å². The average Bonchev–Trinajstić information content (AvgIpc) is 2.99. The number of hydrogen-bond donors (Lipinski definition) is 1. The van der Waals surface area contributed by atoms with Crippen molar-refractivity contribution in [2.45, 2.75) is 31.7 Å². The lowest BCUT2D eigenvalue weighted by atomic mass is 10.0. The summed E-state index contributed by atoms with van der Waals surface area (Å²) in [7, 11) is 0. The number of nitrogens with two attached hydrogens (primary N) is 1. The molecule has 15 heavy (non-hydrogen) atoms. The topological polar surface area (TPSA) is 26.0 Å². The zero-order chi connectivity index (χ0) is 10.8. The molecule has 2 rings (SSSR count). The Morgan fingerprint density at radius 2 is 2.20 bits per heavy atom. The van der Waals surface area contributed by atoms with Gasteiger partial charge in [-0.25, -0.2) is 4.39 Å². The Morgan fingerprint density at radius 3 is 2.80 bits per heavy atom. The maximum Gasteiger partial charge on any atom is 0.127 e. The zero-order valence-corrected chi connectivity index (χ0v) is 9.30. The molecule has 82 valence electrons. The summed E-state index contributed by atoms with van der Waals surface area (Å²) >= 11 is 5.93. The van der Waals surface area contributed by atoms with Crippen molar-refractivity contribution < 1.29 is 4.39 Å². The first kappa shape index (κ1) is 10.9. The Hall–Kier alpha value is -0.600. The average molecular weight is 228 g/mol. The molecule has 0 amide bonds. The largest absolute Gasteiger partial charge is 0.327 e. The van der Waals surface area contributed by atoms with Crippen LogP contribution in [0.2, 0.25) is 5.02 Å². The van der Waals surface area contributed by atoms with Gasteiger partial charge in [-0.2, -0.15) is 0 Å². The van der Waals surface area contributed by atoms with Gasteiger partial charge in [-0.1, -0.05) is 17.7 Å². The van der Waals surface area contributed by atoms with Gasteiger partial charge in [-0.05, 0) is 43.7 Å². The summed E-state index contributed by atoms with van der Waals surface area (Å²) in [5.41, 5.74) is 6.57. The van der Waals surface area contributed by atoms with Crippen molar-refractivity contribution in [1.82, 2.24) is 0 Å². The van der Waals surface area contributed by atoms with E-state index in [0.29, 0.717) is 22.9 Å². The second-order valence-electron chi connectivity index (χ2n) is 4.24.